The van der Waals surface area contributed by atoms with E-state index < -0.39 is 0 Å². The largest absolute Gasteiger partial charge is 0.370 e. The van der Waals surface area contributed by atoms with Gasteiger partial charge in [-0.3, -0.25) is 0 Å². The second-order valence-electron chi connectivity index (χ2n) is 4.91. The maximum absolute atomic E-state index is 4.20. The number of hydrogen-bond acceptors (Lipinski definition) is 2. The van der Waals surface area contributed by atoms with Crippen LogP contribution >= 0.6 is 0 Å². The van der Waals surface area contributed by atoms with Crippen molar-refractivity contribution in [2.45, 2.75) is 64.8 Å². The Morgan fingerprint density at radius 2 is 1.69 bits per heavy atom. The molecule has 0 aliphatic heterocycles. The summed E-state index contributed by atoms with van der Waals surface area (Å²) >= 11 is 0. The summed E-state index contributed by atoms with van der Waals surface area (Å²) < 4.78 is 0. The second kappa shape index (κ2) is 7.59. The summed E-state index contributed by atoms with van der Waals surface area (Å²) in [7, 11) is 0. The molecule has 0 unspecified atom stereocenters. The van der Waals surface area contributed by atoms with Gasteiger partial charge in [0.1, 0.15) is 0 Å². The smallest absolute Gasteiger partial charge is 0.0940 e. The van der Waals surface area contributed by atoms with Gasteiger partial charge in [-0.2, -0.15) is 0 Å². The molecule has 94 valence electrons. The van der Waals surface area contributed by atoms with Crippen molar-refractivity contribution in [2.75, 3.05) is 13.1 Å². The lowest BCUT2D eigenvalue weighted by Gasteiger charge is -2.31. The number of rotatable bonds is 7. The summed E-state index contributed by atoms with van der Waals surface area (Å²) in [6.07, 6.45) is 9.23. The minimum atomic E-state index is 0.678. The third-order valence-corrected chi connectivity index (χ3v) is 3.34. The van der Waals surface area contributed by atoms with Crippen LogP contribution in [-0.4, -0.2) is 24.0 Å². The predicted molar refractivity (Wildman–Crippen MR) is 71.3 cm³/mol. The highest BCUT2D eigenvalue weighted by atomic mass is 15.2. The molecule has 1 rings (SSSR count). The van der Waals surface area contributed by atoms with E-state index in [1.54, 1.807) is 0 Å². The van der Waals surface area contributed by atoms with Crippen LogP contribution in [0.2, 0.25) is 0 Å². The molecular weight excluding hydrogens is 196 g/mol. The van der Waals surface area contributed by atoms with E-state index in [2.05, 4.69) is 30.6 Å². The molecule has 2 nitrogen and oxygen atoms in total. The van der Waals surface area contributed by atoms with Crippen molar-refractivity contribution in [3.63, 3.8) is 0 Å². The average Bonchev–Trinajstić information content (AvgIpc) is 2.30. The van der Waals surface area contributed by atoms with Gasteiger partial charge in [0, 0.05) is 19.1 Å². The topological polar surface area (TPSA) is 15.3 Å². The van der Waals surface area contributed by atoms with Crippen LogP contribution in [0.4, 0.5) is 0 Å². The van der Waals surface area contributed by atoms with Gasteiger partial charge in [0.15, 0.2) is 0 Å². The zero-order valence-electron chi connectivity index (χ0n) is 11.1. The Balaban J connectivity index is 2.34. The molecule has 0 aromatic carbocycles. The lowest BCUT2D eigenvalue weighted by atomic mass is 9.95. The van der Waals surface area contributed by atoms with Gasteiger partial charge in [0.2, 0.25) is 0 Å². The first-order valence-electron chi connectivity index (χ1n) is 6.98. The van der Waals surface area contributed by atoms with E-state index in [9.17, 15) is 0 Å². The third-order valence-electron chi connectivity index (χ3n) is 3.34. The zero-order valence-corrected chi connectivity index (χ0v) is 11.1. The summed E-state index contributed by atoms with van der Waals surface area (Å²) in [5.74, 6) is 1.15. The van der Waals surface area contributed by atoms with E-state index in [0.29, 0.717) is 6.04 Å². The van der Waals surface area contributed by atoms with Crippen molar-refractivity contribution in [1.82, 2.24) is 10.2 Å². The molecule has 0 atom stereocenters. The fourth-order valence-corrected chi connectivity index (χ4v) is 2.50. The van der Waals surface area contributed by atoms with Crippen LogP contribution in [-0.2, 0) is 0 Å². The van der Waals surface area contributed by atoms with Crippen molar-refractivity contribution < 1.29 is 0 Å². The monoisotopic (exact) mass is 224 g/mol. The van der Waals surface area contributed by atoms with Crippen LogP contribution in [0.3, 0.4) is 0 Å². The Hall–Kier alpha value is -0.660. The molecule has 0 heterocycles. The van der Waals surface area contributed by atoms with E-state index in [0.717, 1.165) is 18.9 Å². The van der Waals surface area contributed by atoms with E-state index in [1.165, 1.54) is 44.9 Å². The molecule has 1 aliphatic rings. The van der Waals surface area contributed by atoms with E-state index >= 15 is 0 Å². The molecule has 1 aliphatic carbocycles. The SMILES string of the molecule is C=C(NC1CCCCC1)N(CCC)CCC. The summed E-state index contributed by atoms with van der Waals surface area (Å²) in [5.41, 5.74) is 0. The number of nitrogens with zero attached hydrogens (tertiary/aromatic N) is 1. The molecule has 2 heteroatoms. The van der Waals surface area contributed by atoms with Gasteiger partial charge in [-0.25, -0.2) is 0 Å². The molecule has 0 spiro atoms. The van der Waals surface area contributed by atoms with E-state index in [-0.39, 0.29) is 0 Å². The van der Waals surface area contributed by atoms with E-state index in [4.69, 9.17) is 0 Å². The first-order chi connectivity index (χ1) is 7.77. The quantitative estimate of drug-likeness (QED) is 0.712. The first-order valence-corrected chi connectivity index (χ1v) is 6.98. The molecule has 0 amide bonds. The van der Waals surface area contributed by atoms with Crippen LogP contribution in [0, 0.1) is 0 Å². The Kier molecular flexibility index (Phi) is 6.36. The van der Waals surface area contributed by atoms with Gasteiger partial charge in [-0.05, 0) is 25.7 Å². The van der Waals surface area contributed by atoms with Gasteiger partial charge < -0.3 is 10.2 Å². The maximum Gasteiger partial charge on any atom is 0.0940 e. The Morgan fingerprint density at radius 1 is 1.12 bits per heavy atom. The normalized spacial score (nSPS) is 17.1. The fraction of sp³-hybridized carbons (Fsp3) is 0.857. The molecular formula is C14H28N2. The van der Waals surface area contributed by atoms with Gasteiger partial charge in [0.25, 0.3) is 0 Å². The maximum atomic E-state index is 4.20. The van der Waals surface area contributed by atoms with Crippen molar-refractivity contribution in [3.05, 3.63) is 12.4 Å². The van der Waals surface area contributed by atoms with Crippen molar-refractivity contribution in [1.29, 1.82) is 0 Å². The number of nitrogens with one attached hydrogen (secondary N) is 1. The summed E-state index contributed by atoms with van der Waals surface area (Å²) in [5, 5.41) is 3.62. The Morgan fingerprint density at radius 3 is 2.19 bits per heavy atom. The highest BCUT2D eigenvalue weighted by Gasteiger charge is 2.15. The number of hydrogen-bond donors (Lipinski definition) is 1. The third kappa shape index (κ3) is 4.46. The fourth-order valence-electron chi connectivity index (χ4n) is 2.50. The molecule has 0 bridgehead atoms. The molecule has 1 N–H and O–H groups in total. The van der Waals surface area contributed by atoms with Gasteiger partial charge in [0.05, 0.1) is 5.82 Å². The van der Waals surface area contributed by atoms with Crippen molar-refractivity contribution in [2.24, 2.45) is 0 Å². The first kappa shape index (κ1) is 13.4. The van der Waals surface area contributed by atoms with Crippen LogP contribution in [0.25, 0.3) is 0 Å². The minimum Gasteiger partial charge on any atom is -0.370 e. The van der Waals surface area contributed by atoms with Crippen LogP contribution in [0.5, 0.6) is 0 Å². The molecule has 0 radical (unpaired) electrons. The molecule has 0 saturated heterocycles. The van der Waals surface area contributed by atoms with Crippen molar-refractivity contribution >= 4 is 0 Å². The lowest BCUT2D eigenvalue weighted by molar-refractivity contribution is 0.289. The molecule has 16 heavy (non-hydrogen) atoms. The summed E-state index contributed by atoms with van der Waals surface area (Å²) in [4.78, 5) is 2.40. The predicted octanol–water partition coefficient (Wildman–Crippen LogP) is 3.50. The van der Waals surface area contributed by atoms with Crippen LogP contribution in [0.15, 0.2) is 12.4 Å². The average molecular weight is 224 g/mol. The molecule has 1 fully saturated rings. The van der Waals surface area contributed by atoms with Crippen molar-refractivity contribution in [3.8, 4) is 0 Å². The van der Waals surface area contributed by atoms with Gasteiger partial charge in [-0.15, -0.1) is 0 Å². The van der Waals surface area contributed by atoms with Gasteiger partial charge in [-0.1, -0.05) is 39.7 Å². The summed E-state index contributed by atoms with van der Waals surface area (Å²) in [6, 6.07) is 0.678. The van der Waals surface area contributed by atoms with Crippen LogP contribution < -0.4 is 5.32 Å². The Bertz CT molecular complexity index is 189. The summed E-state index contributed by atoms with van der Waals surface area (Å²) in [6.45, 7) is 10.9. The van der Waals surface area contributed by atoms with E-state index in [1.807, 2.05) is 0 Å². The minimum absolute atomic E-state index is 0.678. The lowest BCUT2D eigenvalue weighted by Crippen LogP contribution is -2.38. The van der Waals surface area contributed by atoms with Crippen LogP contribution in [0.1, 0.15) is 58.8 Å². The molecule has 0 aromatic rings. The Labute approximate surface area is 101 Å². The standard InChI is InChI=1S/C14H28N2/c1-4-11-16(12-5-2)13(3)15-14-9-7-6-8-10-14/h14-15H,3-12H2,1-2H3. The molecule has 0 aromatic heterocycles. The highest BCUT2D eigenvalue weighted by molar-refractivity contribution is 4.94. The molecule has 1 saturated carbocycles. The zero-order chi connectivity index (χ0) is 11.8. The second-order valence-corrected chi connectivity index (χ2v) is 4.91. The highest BCUT2D eigenvalue weighted by Crippen LogP contribution is 2.18. The van der Waals surface area contributed by atoms with Gasteiger partial charge >= 0.3 is 0 Å².